The van der Waals surface area contributed by atoms with Gasteiger partial charge in [-0.05, 0) is 12.1 Å². The zero-order chi connectivity index (χ0) is 12.3. The molecule has 0 bridgehead atoms. The highest BCUT2D eigenvalue weighted by molar-refractivity contribution is 5.66. The van der Waals surface area contributed by atoms with Gasteiger partial charge in [0, 0.05) is 6.42 Å². The van der Waals surface area contributed by atoms with Crippen LogP contribution in [0.25, 0.3) is 0 Å². The first-order valence-corrected chi connectivity index (χ1v) is 4.38. The molecule has 1 N–H and O–H groups in total. The van der Waals surface area contributed by atoms with Crippen LogP contribution in [-0.2, 0) is 10.7 Å². The van der Waals surface area contributed by atoms with Crippen molar-refractivity contribution in [2.24, 2.45) is 0 Å². The fraction of sp³-hybridized carbons (Fsp3) is 0.300. The third-order valence-electron chi connectivity index (χ3n) is 1.98. The van der Waals surface area contributed by atoms with Crippen LogP contribution in [0.3, 0.4) is 0 Å². The molecule has 0 atom stereocenters. The molecule has 1 rings (SSSR count). The van der Waals surface area contributed by atoms with Gasteiger partial charge in [-0.2, -0.15) is 0 Å². The Balaban J connectivity index is 3.01. The lowest BCUT2D eigenvalue weighted by Gasteiger charge is -2.16. The standard InChI is InChI=1S/C10H8F4O2/c11-6-2-1-3-7(12)9(6)10(13,14)5-4-8(15)16/h1-3H,4-5H2,(H,15,16). The lowest BCUT2D eigenvalue weighted by molar-refractivity contribution is -0.139. The normalized spacial score (nSPS) is 11.5. The molecule has 16 heavy (non-hydrogen) atoms. The van der Waals surface area contributed by atoms with Gasteiger partial charge in [0.1, 0.15) is 11.6 Å². The molecule has 0 unspecified atom stereocenters. The van der Waals surface area contributed by atoms with Crippen LogP contribution in [0.1, 0.15) is 18.4 Å². The average molecular weight is 236 g/mol. The van der Waals surface area contributed by atoms with Crippen LogP contribution in [0, 0.1) is 11.6 Å². The van der Waals surface area contributed by atoms with Gasteiger partial charge in [-0.25, -0.2) is 17.6 Å². The van der Waals surface area contributed by atoms with Crippen molar-refractivity contribution in [2.75, 3.05) is 0 Å². The molecule has 88 valence electrons. The first kappa shape index (κ1) is 12.5. The van der Waals surface area contributed by atoms with Crippen LogP contribution < -0.4 is 0 Å². The van der Waals surface area contributed by atoms with E-state index in [2.05, 4.69) is 0 Å². The second-order valence-electron chi connectivity index (χ2n) is 3.19. The Morgan fingerprint density at radius 2 is 1.75 bits per heavy atom. The molecule has 0 amide bonds. The van der Waals surface area contributed by atoms with Crippen LogP contribution in [0.5, 0.6) is 0 Å². The van der Waals surface area contributed by atoms with Gasteiger partial charge in [-0.3, -0.25) is 4.79 Å². The average Bonchev–Trinajstić information content (AvgIpc) is 2.14. The fourth-order valence-electron chi connectivity index (χ4n) is 1.24. The number of rotatable bonds is 4. The first-order valence-electron chi connectivity index (χ1n) is 4.38. The zero-order valence-corrected chi connectivity index (χ0v) is 8.01. The van der Waals surface area contributed by atoms with E-state index in [-0.39, 0.29) is 0 Å². The van der Waals surface area contributed by atoms with E-state index in [4.69, 9.17) is 5.11 Å². The molecule has 1 aromatic rings. The van der Waals surface area contributed by atoms with Crippen LogP contribution in [0.15, 0.2) is 18.2 Å². The maximum Gasteiger partial charge on any atom is 0.303 e. The van der Waals surface area contributed by atoms with Gasteiger partial charge in [0.05, 0.1) is 12.0 Å². The summed E-state index contributed by atoms with van der Waals surface area (Å²) in [5.74, 6) is -8.03. The Morgan fingerprint density at radius 1 is 1.25 bits per heavy atom. The highest BCUT2D eigenvalue weighted by atomic mass is 19.3. The molecule has 0 radical (unpaired) electrons. The maximum absolute atomic E-state index is 13.3. The summed E-state index contributed by atoms with van der Waals surface area (Å²) in [6, 6.07) is 2.36. The topological polar surface area (TPSA) is 37.3 Å². The number of aliphatic carboxylic acids is 1. The largest absolute Gasteiger partial charge is 0.481 e. The summed E-state index contributed by atoms with van der Waals surface area (Å²) in [6.07, 6.45) is -2.00. The highest BCUT2D eigenvalue weighted by Gasteiger charge is 2.37. The van der Waals surface area contributed by atoms with Crippen molar-refractivity contribution in [3.8, 4) is 0 Å². The number of alkyl halides is 2. The van der Waals surface area contributed by atoms with Gasteiger partial charge < -0.3 is 5.11 Å². The minimum absolute atomic E-state index is 0.701. The molecule has 0 aliphatic rings. The van der Waals surface area contributed by atoms with E-state index in [0.29, 0.717) is 12.1 Å². The third-order valence-corrected chi connectivity index (χ3v) is 1.98. The number of halogens is 4. The van der Waals surface area contributed by atoms with E-state index < -0.39 is 41.9 Å². The molecule has 0 spiro atoms. The first-order chi connectivity index (χ1) is 7.34. The molecule has 0 fully saturated rings. The lowest BCUT2D eigenvalue weighted by Crippen LogP contribution is -2.19. The number of hydrogen-bond donors (Lipinski definition) is 1. The van der Waals surface area contributed by atoms with Crippen LogP contribution >= 0.6 is 0 Å². The van der Waals surface area contributed by atoms with Gasteiger partial charge in [0.15, 0.2) is 0 Å². The second kappa shape index (κ2) is 4.51. The number of carbonyl (C=O) groups is 1. The summed E-state index contributed by atoms with van der Waals surface area (Å²) in [5, 5.41) is 8.24. The highest BCUT2D eigenvalue weighted by Crippen LogP contribution is 2.36. The summed E-state index contributed by atoms with van der Waals surface area (Å²) in [4.78, 5) is 10.1. The predicted octanol–water partition coefficient (Wildman–Crippen LogP) is 2.92. The van der Waals surface area contributed by atoms with Gasteiger partial charge in [-0.1, -0.05) is 6.07 Å². The van der Waals surface area contributed by atoms with Crippen molar-refractivity contribution < 1.29 is 27.5 Å². The minimum atomic E-state index is -3.83. The van der Waals surface area contributed by atoms with Crippen LogP contribution in [-0.4, -0.2) is 11.1 Å². The van der Waals surface area contributed by atoms with E-state index in [1.54, 1.807) is 0 Å². The molecular formula is C10H8F4O2. The Kier molecular flexibility index (Phi) is 3.51. The Hall–Kier alpha value is -1.59. The molecule has 6 heteroatoms. The molecular weight excluding hydrogens is 228 g/mol. The molecule has 0 saturated heterocycles. The Morgan fingerprint density at radius 3 is 2.19 bits per heavy atom. The zero-order valence-electron chi connectivity index (χ0n) is 8.01. The molecule has 0 aromatic heterocycles. The van der Waals surface area contributed by atoms with Crippen LogP contribution in [0.2, 0.25) is 0 Å². The molecule has 2 nitrogen and oxygen atoms in total. The smallest absolute Gasteiger partial charge is 0.303 e. The summed E-state index contributed by atoms with van der Waals surface area (Å²) in [7, 11) is 0. The van der Waals surface area contributed by atoms with Gasteiger partial charge in [0.2, 0.25) is 0 Å². The van der Waals surface area contributed by atoms with E-state index in [9.17, 15) is 22.4 Å². The van der Waals surface area contributed by atoms with Crippen LogP contribution in [0.4, 0.5) is 17.6 Å². The molecule has 0 heterocycles. The van der Waals surface area contributed by atoms with E-state index in [1.165, 1.54) is 0 Å². The van der Waals surface area contributed by atoms with Gasteiger partial charge in [-0.15, -0.1) is 0 Å². The number of carboxylic acid groups (broad SMARTS) is 1. The number of benzene rings is 1. The number of hydrogen-bond acceptors (Lipinski definition) is 1. The van der Waals surface area contributed by atoms with Crippen molar-refractivity contribution in [3.05, 3.63) is 35.4 Å². The van der Waals surface area contributed by atoms with E-state index in [0.717, 1.165) is 6.07 Å². The van der Waals surface area contributed by atoms with Gasteiger partial charge >= 0.3 is 5.97 Å². The van der Waals surface area contributed by atoms with E-state index >= 15 is 0 Å². The fourth-order valence-corrected chi connectivity index (χ4v) is 1.24. The third kappa shape index (κ3) is 2.71. The maximum atomic E-state index is 13.3. The van der Waals surface area contributed by atoms with E-state index in [1.807, 2.05) is 0 Å². The summed E-state index contributed by atoms with van der Waals surface area (Å²) >= 11 is 0. The Labute approximate surface area is 88.5 Å². The van der Waals surface area contributed by atoms with Crippen molar-refractivity contribution >= 4 is 5.97 Å². The summed E-state index contributed by atoms with van der Waals surface area (Å²) in [5.41, 5.74) is -1.38. The van der Waals surface area contributed by atoms with Crippen molar-refractivity contribution in [1.82, 2.24) is 0 Å². The summed E-state index contributed by atoms with van der Waals surface area (Å²) < 4.78 is 52.6. The monoisotopic (exact) mass is 236 g/mol. The molecule has 0 aliphatic carbocycles. The molecule has 0 aliphatic heterocycles. The number of carboxylic acids is 1. The summed E-state index contributed by atoms with van der Waals surface area (Å²) in [6.45, 7) is 0. The predicted molar refractivity (Wildman–Crippen MR) is 47.1 cm³/mol. The Bertz CT molecular complexity index is 384. The van der Waals surface area contributed by atoms with Crippen molar-refractivity contribution in [3.63, 3.8) is 0 Å². The second-order valence-corrected chi connectivity index (χ2v) is 3.19. The van der Waals surface area contributed by atoms with Crippen molar-refractivity contribution in [2.45, 2.75) is 18.8 Å². The minimum Gasteiger partial charge on any atom is -0.481 e. The van der Waals surface area contributed by atoms with Gasteiger partial charge in [0.25, 0.3) is 5.92 Å². The lowest BCUT2D eigenvalue weighted by atomic mass is 10.0. The molecule has 1 aromatic carbocycles. The molecule has 0 saturated carbocycles. The quantitative estimate of drug-likeness (QED) is 0.816. The van der Waals surface area contributed by atoms with Crippen molar-refractivity contribution in [1.29, 1.82) is 0 Å². The SMILES string of the molecule is O=C(O)CCC(F)(F)c1c(F)cccc1F.